The lowest BCUT2D eigenvalue weighted by atomic mass is 10.0. The van der Waals surface area contributed by atoms with Gasteiger partial charge in [0.2, 0.25) is 0 Å². The average molecular weight is 316 g/mol. The van der Waals surface area contributed by atoms with E-state index in [1.54, 1.807) is 6.07 Å². The minimum atomic E-state index is 0.336. The predicted molar refractivity (Wildman–Crippen MR) is 81.5 cm³/mol. The maximum Gasteiger partial charge on any atom is 0.0785 e. The molecule has 0 unspecified atom stereocenters. The number of fused-ring (bicyclic) bond motifs is 2. The van der Waals surface area contributed by atoms with Crippen LogP contribution in [0.5, 0.6) is 0 Å². The van der Waals surface area contributed by atoms with Gasteiger partial charge in [-0.15, -0.1) is 0 Å². The lowest BCUT2D eigenvalue weighted by molar-refractivity contribution is 1.76. The van der Waals surface area contributed by atoms with Crippen molar-refractivity contribution in [2.45, 2.75) is 0 Å². The van der Waals surface area contributed by atoms with E-state index in [1.165, 1.54) is 0 Å². The molecule has 0 atom stereocenters. The summed E-state index contributed by atoms with van der Waals surface area (Å²) in [5.74, 6) is 0. The van der Waals surface area contributed by atoms with Crippen LogP contribution in [0, 0.1) is 0 Å². The molecule has 0 saturated heterocycles. The monoisotopic (exact) mass is 314 g/mol. The highest BCUT2D eigenvalue weighted by atomic mass is 35.5. The van der Waals surface area contributed by atoms with Gasteiger partial charge in [-0.2, -0.15) is 0 Å². The molecule has 90 valence electrons. The van der Waals surface area contributed by atoms with Crippen molar-refractivity contribution in [3.05, 3.63) is 56.5 Å². The van der Waals surface area contributed by atoms with Crippen molar-refractivity contribution >= 4 is 67.9 Å². The van der Waals surface area contributed by atoms with Crippen LogP contribution in [0.3, 0.4) is 0 Å². The van der Waals surface area contributed by atoms with Gasteiger partial charge in [-0.25, -0.2) is 0 Å². The molecule has 0 aliphatic rings. The first-order valence-corrected chi connectivity index (χ1v) is 6.75. The highest BCUT2D eigenvalue weighted by molar-refractivity contribution is 6.53. The molecular weight excluding hydrogens is 310 g/mol. The summed E-state index contributed by atoms with van der Waals surface area (Å²) in [6.45, 7) is 0. The maximum absolute atomic E-state index is 6.42. The molecule has 0 heterocycles. The molecule has 0 aliphatic carbocycles. The minimum absolute atomic E-state index is 0.336. The molecule has 3 rings (SSSR count). The summed E-state index contributed by atoms with van der Waals surface area (Å²) in [7, 11) is 0. The molecule has 4 heteroatoms. The van der Waals surface area contributed by atoms with Crippen molar-refractivity contribution in [2.75, 3.05) is 0 Å². The summed E-state index contributed by atoms with van der Waals surface area (Å²) < 4.78 is 0. The topological polar surface area (TPSA) is 0 Å². The second-order valence-electron chi connectivity index (χ2n) is 4.00. The summed E-state index contributed by atoms with van der Waals surface area (Å²) in [5.41, 5.74) is 0. The molecule has 0 amide bonds. The van der Waals surface area contributed by atoms with E-state index in [0.717, 1.165) is 21.5 Å². The molecule has 0 spiro atoms. The fraction of sp³-hybridized carbons (Fsp3) is 0. The summed E-state index contributed by atoms with van der Waals surface area (Å²) in [5, 5.41) is 5.39. The van der Waals surface area contributed by atoms with E-state index in [2.05, 4.69) is 0 Å². The zero-order chi connectivity index (χ0) is 12.9. The zero-order valence-corrected chi connectivity index (χ0v) is 12.0. The van der Waals surface area contributed by atoms with Gasteiger partial charge in [-0.05, 0) is 22.9 Å². The van der Waals surface area contributed by atoms with Crippen LogP contribution in [0.25, 0.3) is 21.5 Å². The highest BCUT2D eigenvalue weighted by Gasteiger charge is 2.14. The summed E-state index contributed by atoms with van der Waals surface area (Å²) in [6, 6.07) is 11.6. The van der Waals surface area contributed by atoms with E-state index in [0.29, 0.717) is 20.1 Å². The van der Waals surface area contributed by atoms with Crippen molar-refractivity contribution in [2.24, 2.45) is 0 Å². The van der Waals surface area contributed by atoms with E-state index in [-0.39, 0.29) is 0 Å². The maximum atomic E-state index is 6.42. The van der Waals surface area contributed by atoms with Crippen molar-refractivity contribution < 1.29 is 0 Å². The third-order valence-electron chi connectivity index (χ3n) is 2.92. The molecule has 0 aromatic heterocycles. The molecule has 0 aliphatic heterocycles. The fourth-order valence-electron chi connectivity index (χ4n) is 2.08. The van der Waals surface area contributed by atoms with Gasteiger partial charge in [0.05, 0.1) is 20.1 Å². The number of hydrogen-bond acceptors (Lipinski definition) is 0. The Morgan fingerprint density at radius 1 is 0.667 bits per heavy atom. The number of benzene rings is 3. The van der Waals surface area contributed by atoms with Crippen LogP contribution < -0.4 is 0 Å². The Hall–Kier alpha value is -0.660. The van der Waals surface area contributed by atoms with Gasteiger partial charge in [0, 0.05) is 10.8 Å². The molecule has 18 heavy (non-hydrogen) atoms. The normalized spacial score (nSPS) is 11.3. The summed E-state index contributed by atoms with van der Waals surface area (Å²) in [6.07, 6.45) is 0. The van der Waals surface area contributed by atoms with Crippen LogP contribution >= 0.6 is 46.4 Å². The molecule has 3 aromatic carbocycles. The van der Waals surface area contributed by atoms with Gasteiger partial charge >= 0.3 is 0 Å². The number of hydrogen-bond donors (Lipinski definition) is 0. The molecule has 0 nitrogen and oxygen atoms in total. The first kappa shape index (κ1) is 12.4. The number of halogens is 4. The lowest BCUT2D eigenvalue weighted by Crippen LogP contribution is -1.83. The SMILES string of the molecule is Clc1cc2cc3ccccc3c(Cl)c2c(Cl)c1Cl. The van der Waals surface area contributed by atoms with Crippen LogP contribution in [0.2, 0.25) is 20.1 Å². The molecule has 0 N–H and O–H groups in total. The fourth-order valence-corrected chi connectivity index (χ4v) is 3.21. The average Bonchev–Trinajstić information content (AvgIpc) is 2.36. The van der Waals surface area contributed by atoms with Crippen molar-refractivity contribution in [3.8, 4) is 0 Å². The Labute approximate surface area is 124 Å². The summed E-state index contributed by atoms with van der Waals surface area (Å²) >= 11 is 24.7. The second kappa shape index (κ2) is 4.47. The Morgan fingerprint density at radius 2 is 1.39 bits per heavy atom. The molecular formula is C14H6Cl4. The summed E-state index contributed by atoms with van der Waals surface area (Å²) in [4.78, 5) is 0. The molecule has 0 radical (unpaired) electrons. The van der Waals surface area contributed by atoms with Gasteiger partial charge in [0.25, 0.3) is 0 Å². The lowest BCUT2D eigenvalue weighted by Gasteiger charge is -2.10. The first-order valence-electron chi connectivity index (χ1n) is 5.24. The van der Waals surface area contributed by atoms with Crippen LogP contribution in [0.4, 0.5) is 0 Å². The van der Waals surface area contributed by atoms with Gasteiger partial charge < -0.3 is 0 Å². The number of rotatable bonds is 0. The Morgan fingerprint density at radius 3 is 2.17 bits per heavy atom. The van der Waals surface area contributed by atoms with E-state index >= 15 is 0 Å². The third-order valence-corrected chi connectivity index (χ3v) is 4.58. The van der Waals surface area contributed by atoms with Crippen LogP contribution in [-0.2, 0) is 0 Å². The van der Waals surface area contributed by atoms with E-state index in [1.807, 2.05) is 30.3 Å². The van der Waals surface area contributed by atoms with Gasteiger partial charge in [0.1, 0.15) is 0 Å². The van der Waals surface area contributed by atoms with E-state index in [4.69, 9.17) is 46.4 Å². The van der Waals surface area contributed by atoms with E-state index < -0.39 is 0 Å². The van der Waals surface area contributed by atoms with E-state index in [9.17, 15) is 0 Å². The van der Waals surface area contributed by atoms with Crippen molar-refractivity contribution in [1.82, 2.24) is 0 Å². The Bertz CT molecular complexity index is 778. The van der Waals surface area contributed by atoms with Crippen molar-refractivity contribution in [1.29, 1.82) is 0 Å². The van der Waals surface area contributed by atoms with Crippen LogP contribution in [0.1, 0.15) is 0 Å². The highest BCUT2D eigenvalue weighted by Crippen LogP contribution is 2.42. The van der Waals surface area contributed by atoms with Gasteiger partial charge in [-0.3, -0.25) is 0 Å². The molecule has 0 saturated carbocycles. The van der Waals surface area contributed by atoms with Crippen LogP contribution in [-0.4, -0.2) is 0 Å². The molecule has 0 bridgehead atoms. The molecule has 0 fully saturated rings. The molecule has 3 aromatic rings. The second-order valence-corrected chi connectivity index (χ2v) is 5.54. The minimum Gasteiger partial charge on any atom is -0.0829 e. The van der Waals surface area contributed by atoms with Crippen LogP contribution in [0.15, 0.2) is 36.4 Å². The zero-order valence-electron chi connectivity index (χ0n) is 8.98. The largest absolute Gasteiger partial charge is 0.0829 e. The smallest absolute Gasteiger partial charge is 0.0785 e. The Kier molecular flexibility index (Phi) is 3.07. The standard InChI is InChI=1S/C14H6Cl4/c15-10-6-8-5-7-3-1-2-4-9(7)12(16)11(8)14(18)13(10)17/h1-6H. The van der Waals surface area contributed by atoms with Crippen molar-refractivity contribution in [3.63, 3.8) is 0 Å². The first-order chi connectivity index (χ1) is 8.59. The third kappa shape index (κ3) is 1.76. The van der Waals surface area contributed by atoms with Gasteiger partial charge in [-0.1, -0.05) is 70.7 Å². The van der Waals surface area contributed by atoms with Gasteiger partial charge in [0.15, 0.2) is 0 Å². The Balaban J connectivity index is 2.61. The quantitative estimate of drug-likeness (QED) is 0.323. The predicted octanol–water partition coefficient (Wildman–Crippen LogP) is 6.61.